The molecule has 0 aromatic rings. The monoisotopic (exact) mass is 213 g/mol. The molecule has 3 nitrogen and oxygen atoms in total. The Morgan fingerprint density at radius 1 is 1.20 bits per heavy atom. The van der Waals surface area contributed by atoms with Gasteiger partial charge in [-0.1, -0.05) is 20.8 Å². The van der Waals surface area contributed by atoms with Gasteiger partial charge in [-0.3, -0.25) is 0 Å². The first-order valence-corrected chi connectivity index (χ1v) is 5.78. The number of hydrogen-bond donors (Lipinski definition) is 1. The van der Waals surface area contributed by atoms with E-state index in [1.807, 2.05) is 0 Å². The largest absolute Gasteiger partial charge is 0.453 e. The Morgan fingerprint density at radius 2 is 1.73 bits per heavy atom. The summed E-state index contributed by atoms with van der Waals surface area (Å²) in [5, 5.41) is 2.88. The molecule has 88 valence electrons. The molecule has 0 heterocycles. The standard InChI is InChI=1S/C12H23NO2/c1-12(2,3)9-5-7-10(8-6-9)13-11(14)15-4/h9-10H,5-8H2,1-4H3,(H,13,14). The Kier molecular flexibility index (Phi) is 4.00. The first-order chi connectivity index (χ1) is 6.93. The minimum Gasteiger partial charge on any atom is -0.453 e. The second-order valence-corrected chi connectivity index (χ2v) is 5.55. The number of nitrogens with one attached hydrogen (secondary N) is 1. The summed E-state index contributed by atoms with van der Waals surface area (Å²) in [7, 11) is 1.41. The van der Waals surface area contributed by atoms with E-state index in [0.29, 0.717) is 11.5 Å². The topological polar surface area (TPSA) is 38.3 Å². The molecule has 1 aliphatic rings. The zero-order valence-corrected chi connectivity index (χ0v) is 10.3. The number of methoxy groups -OCH3 is 1. The summed E-state index contributed by atoms with van der Waals surface area (Å²) in [6.45, 7) is 6.89. The van der Waals surface area contributed by atoms with Gasteiger partial charge in [0.15, 0.2) is 0 Å². The first kappa shape index (κ1) is 12.3. The molecule has 0 saturated heterocycles. The SMILES string of the molecule is COC(=O)NC1CCC(C(C)(C)C)CC1. The lowest BCUT2D eigenvalue weighted by Gasteiger charge is -2.36. The van der Waals surface area contributed by atoms with Crippen LogP contribution < -0.4 is 5.32 Å². The summed E-state index contributed by atoms with van der Waals surface area (Å²) in [6.07, 6.45) is 4.28. The third-order valence-electron chi connectivity index (χ3n) is 3.46. The zero-order chi connectivity index (χ0) is 11.5. The summed E-state index contributed by atoms with van der Waals surface area (Å²) in [5.74, 6) is 0.785. The van der Waals surface area contributed by atoms with Crippen LogP contribution in [0.4, 0.5) is 4.79 Å². The van der Waals surface area contributed by atoms with Crippen LogP contribution in [0.25, 0.3) is 0 Å². The molecule has 0 radical (unpaired) electrons. The fraction of sp³-hybridized carbons (Fsp3) is 0.917. The van der Waals surface area contributed by atoms with Crippen LogP contribution in [0.5, 0.6) is 0 Å². The van der Waals surface area contributed by atoms with Crippen molar-refractivity contribution in [3.8, 4) is 0 Å². The van der Waals surface area contributed by atoms with Gasteiger partial charge < -0.3 is 10.1 Å². The van der Waals surface area contributed by atoms with Gasteiger partial charge in [0.1, 0.15) is 0 Å². The Labute approximate surface area is 92.6 Å². The predicted molar refractivity (Wildman–Crippen MR) is 60.7 cm³/mol. The minimum atomic E-state index is -0.297. The summed E-state index contributed by atoms with van der Waals surface area (Å²) >= 11 is 0. The number of hydrogen-bond acceptors (Lipinski definition) is 2. The van der Waals surface area contributed by atoms with Gasteiger partial charge in [-0.15, -0.1) is 0 Å². The number of rotatable bonds is 1. The van der Waals surface area contributed by atoms with Crippen molar-refractivity contribution in [3.63, 3.8) is 0 Å². The molecule has 1 aliphatic carbocycles. The van der Waals surface area contributed by atoms with Crippen LogP contribution in [0.3, 0.4) is 0 Å². The Balaban J connectivity index is 2.33. The lowest BCUT2D eigenvalue weighted by atomic mass is 9.71. The molecular formula is C12H23NO2. The van der Waals surface area contributed by atoms with Crippen LogP contribution >= 0.6 is 0 Å². The molecule has 3 heteroatoms. The highest BCUT2D eigenvalue weighted by molar-refractivity contribution is 5.67. The van der Waals surface area contributed by atoms with Crippen LogP contribution in [0.2, 0.25) is 0 Å². The molecular weight excluding hydrogens is 190 g/mol. The quantitative estimate of drug-likeness (QED) is 0.727. The van der Waals surface area contributed by atoms with Crippen molar-refractivity contribution >= 4 is 6.09 Å². The van der Waals surface area contributed by atoms with E-state index in [9.17, 15) is 4.79 Å². The second-order valence-electron chi connectivity index (χ2n) is 5.55. The molecule has 0 unspecified atom stereocenters. The summed E-state index contributed by atoms with van der Waals surface area (Å²) in [6, 6.07) is 0.316. The van der Waals surface area contributed by atoms with Crippen LogP contribution in [-0.4, -0.2) is 19.2 Å². The van der Waals surface area contributed by atoms with Gasteiger partial charge in [-0.25, -0.2) is 4.79 Å². The predicted octanol–water partition coefficient (Wildman–Crippen LogP) is 2.95. The fourth-order valence-electron chi connectivity index (χ4n) is 2.33. The molecule has 0 atom stereocenters. The van der Waals surface area contributed by atoms with Crippen molar-refractivity contribution in [2.45, 2.75) is 52.5 Å². The van der Waals surface area contributed by atoms with Crippen LogP contribution in [-0.2, 0) is 4.74 Å². The van der Waals surface area contributed by atoms with Crippen molar-refractivity contribution in [1.82, 2.24) is 5.32 Å². The highest BCUT2D eigenvalue weighted by Crippen LogP contribution is 2.37. The highest BCUT2D eigenvalue weighted by atomic mass is 16.5. The van der Waals surface area contributed by atoms with Crippen molar-refractivity contribution in [2.75, 3.05) is 7.11 Å². The number of ether oxygens (including phenoxy) is 1. The fourth-order valence-corrected chi connectivity index (χ4v) is 2.33. The molecule has 0 aliphatic heterocycles. The Bertz CT molecular complexity index is 212. The van der Waals surface area contributed by atoms with Crippen LogP contribution in [0.1, 0.15) is 46.5 Å². The number of alkyl carbamates (subject to hydrolysis) is 1. The average Bonchev–Trinajstić information content (AvgIpc) is 2.17. The van der Waals surface area contributed by atoms with E-state index in [1.54, 1.807) is 0 Å². The minimum absolute atomic E-state index is 0.297. The van der Waals surface area contributed by atoms with Gasteiger partial charge in [0.05, 0.1) is 7.11 Å². The molecule has 0 spiro atoms. The molecule has 1 saturated carbocycles. The normalized spacial score (nSPS) is 27.2. The maximum Gasteiger partial charge on any atom is 0.407 e. The molecule has 0 aromatic carbocycles. The summed E-state index contributed by atoms with van der Waals surface area (Å²) < 4.78 is 4.60. The van der Waals surface area contributed by atoms with E-state index >= 15 is 0 Å². The molecule has 0 bridgehead atoms. The third kappa shape index (κ3) is 3.73. The van der Waals surface area contributed by atoms with Gasteiger partial charge in [0.2, 0.25) is 0 Å². The van der Waals surface area contributed by atoms with E-state index in [-0.39, 0.29) is 6.09 Å². The number of carbonyl (C=O) groups excluding carboxylic acids is 1. The van der Waals surface area contributed by atoms with Crippen LogP contribution in [0, 0.1) is 11.3 Å². The van der Waals surface area contributed by atoms with Crippen molar-refractivity contribution in [2.24, 2.45) is 11.3 Å². The van der Waals surface area contributed by atoms with E-state index < -0.39 is 0 Å². The number of amides is 1. The average molecular weight is 213 g/mol. The maximum atomic E-state index is 11.0. The van der Waals surface area contributed by atoms with Gasteiger partial charge >= 0.3 is 6.09 Å². The van der Waals surface area contributed by atoms with E-state index in [2.05, 4.69) is 30.8 Å². The van der Waals surface area contributed by atoms with E-state index in [1.165, 1.54) is 20.0 Å². The Morgan fingerprint density at radius 3 is 2.13 bits per heavy atom. The molecule has 0 aromatic heterocycles. The summed E-state index contributed by atoms with van der Waals surface area (Å²) in [4.78, 5) is 11.0. The van der Waals surface area contributed by atoms with Gasteiger partial charge in [-0.2, -0.15) is 0 Å². The zero-order valence-electron chi connectivity index (χ0n) is 10.3. The highest BCUT2D eigenvalue weighted by Gasteiger charge is 2.30. The second kappa shape index (κ2) is 4.86. The van der Waals surface area contributed by atoms with Gasteiger partial charge in [0.25, 0.3) is 0 Å². The van der Waals surface area contributed by atoms with Crippen molar-refractivity contribution in [3.05, 3.63) is 0 Å². The maximum absolute atomic E-state index is 11.0. The molecule has 1 amide bonds. The van der Waals surface area contributed by atoms with Gasteiger partial charge in [0, 0.05) is 6.04 Å². The smallest absolute Gasteiger partial charge is 0.407 e. The summed E-state index contributed by atoms with van der Waals surface area (Å²) in [5.41, 5.74) is 0.399. The molecule has 1 fully saturated rings. The third-order valence-corrected chi connectivity index (χ3v) is 3.46. The lowest BCUT2D eigenvalue weighted by Crippen LogP contribution is -2.39. The molecule has 15 heavy (non-hydrogen) atoms. The van der Waals surface area contributed by atoms with Crippen molar-refractivity contribution in [1.29, 1.82) is 0 Å². The molecule has 1 N–H and O–H groups in total. The number of carbonyl (C=O) groups is 1. The van der Waals surface area contributed by atoms with Crippen molar-refractivity contribution < 1.29 is 9.53 Å². The first-order valence-electron chi connectivity index (χ1n) is 5.78. The van der Waals surface area contributed by atoms with E-state index in [4.69, 9.17) is 0 Å². The lowest BCUT2D eigenvalue weighted by molar-refractivity contribution is 0.141. The van der Waals surface area contributed by atoms with Crippen LogP contribution in [0.15, 0.2) is 0 Å². The van der Waals surface area contributed by atoms with E-state index in [0.717, 1.165) is 18.8 Å². The van der Waals surface area contributed by atoms with Gasteiger partial charge in [-0.05, 0) is 37.0 Å². The molecule has 1 rings (SSSR count). The Hall–Kier alpha value is -0.730.